The molecule has 0 saturated carbocycles. The molecule has 0 aliphatic carbocycles. The van der Waals surface area contributed by atoms with Crippen LogP contribution in [-0.4, -0.2) is 17.4 Å². The van der Waals surface area contributed by atoms with E-state index in [1.54, 1.807) is 0 Å². The normalized spacial score (nSPS) is 14.7. The van der Waals surface area contributed by atoms with Crippen molar-refractivity contribution in [2.75, 3.05) is 6.26 Å². The van der Waals surface area contributed by atoms with E-state index in [1.165, 1.54) is 11.8 Å². The molecule has 0 unspecified atom stereocenters. The molecule has 0 amide bonds. The van der Waals surface area contributed by atoms with E-state index >= 15 is 0 Å². The molecular weight excluding hydrogens is 234 g/mol. The van der Waals surface area contributed by atoms with Crippen LogP contribution in [0, 0.1) is 11.3 Å². The van der Waals surface area contributed by atoms with Gasteiger partial charge in [-0.1, -0.05) is 23.2 Å². The van der Waals surface area contributed by atoms with Crippen LogP contribution in [0.3, 0.4) is 0 Å². The topological polar surface area (TPSA) is 57.7 Å². The molecular formula is C12H7N3OS. The highest BCUT2D eigenvalue weighted by Crippen LogP contribution is 2.17. The summed E-state index contributed by atoms with van der Waals surface area (Å²) in [7, 11) is 0. The number of nitriles is 1. The molecule has 0 atom stereocenters. The Morgan fingerprint density at radius 2 is 2.24 bits per heavy atom. The molecule has 5 heteroatoms. The second kappa shape index (κ2) is 6.23. The van der Waals surface area contributed by atoms with Crippen LogP contribution in [-0.2, 0) is 4.74 Å². The standard InChI is InChI=1S/C12H7N3OS/c1-4-6-9(8-13)14-11-10(7-5-2)15-12(16-11)17-3/h1-2H2,3H3. The van der Waals surface area contributed by atoms with E-state index in [4.69, 9.17) is 10.00 Å². The number of hydrogen-bond acceptors (Lipinski definition) is 5. The van der Waals surface area contributed by atoms with Gasteiger partial charge >= 0.3 is 0 Å². The highest BCUT2D eigenvalue weighted by Gasteiger charge is 2.20. The minimum atomic E-state index is -0.00378. The van der Waals surface area contributed by atoms with Crippen LogP contribution in [0.15, 0.2) is 57.5 Å². The van der Waals surface area contributed by atoms with Gasteiger partial charge < -0.3 is 4.74 Å². The number of nitrogens with zero attached hydrogens (tertiary/aromatic N) is 3. The average Bonchev–Trinajstić information content (AvgIpc) is 2.72. The van der Waals surface area contributed by atoms with Gasteiger partial charge in [-0.2, -0.15) is 15.2 Å². The van der Waals surface area contributed by atoms with E-state index in [9.17, 15) is 0 Å². The van der Waals surface area contributed by atoms with Crippen molar-refractivity contribution in [3.63, 3.8) is 0 Å². The molecule has 0 aromatic carbocycles. The molecule has 1 rings (SSSR count). The molecule has 0 fully saturated rings. The van der Waals surface area contributed by atoms with Crippen LogP contribution in [0.4, 0.5) is 0 Å². The predicted octanol–water partition coefficient (Wildman–Crippen LogP) is 2.31. The number of allylic oxidation sites excluding steroid dienone is 1. The van der Waals surface area contributed by atoms with Crippen molar-refractivity contribution in [2.24, 2.45) is 9.98 Å². The summed E-state index contributed by atoms with van der Waals surface area (Å²) in [5.74, 6) is 0.157. The molecule has 1 heterocycles. The predicted molar refractivity (Wildman–Crippen MR) is 67.4 cm³/mol. The first-order valence-corrected chi connectivity index (χ1v) is 5.57. The smallest absolute Gasteiger partial charge is 0.258 e. The summed E-state index contributed by atoms with van der Waals surface area (Å²) in [4.78, 5) is 7.99. The van der Waals surface area contributed by atoms with Gasteiger partial charge in [0.2, 0.25) is 0 Å². The van der Waals surface area contributed by atoms with Crippen molar-refractivity contribution in [1.82, 2.24) is 0 Å². The maximum absolute atomic E-state index is 8.78. The van der Waals surface area contributed by atoms with Gasteiger partial charge in [0, 0.05) is 0 Å². The lowest BCUT2D eigenvalue weighted by atomic mass is 10.4. The zero-order valence-electron chi connectivity index (χ0n) is 9.07. The third-order valence-electron chi connectivity index (χ3n) is 1.50. The molecule has 0 radical (unpaired) electrons. The van der Waals surface area contributed by atoms with E-state index in [2.05, 4.69) is 46.1 Å². The first kappa shape index (κ1) is 12.6. The van der Waals surface area contributed by atoms with E-state index in [0.717, 1.165) is 0 Å². The molecule has 0 aromatic heterocycles. The average molecular weight is 241 g/mol. The summed E-state index contributed by atoms with van der Waals surface area (Å²) >= 11 is 1.31. The third kappa shape index (κ3) is 3.28. The van der Waals surface area contributed by atoms with Gasteiger partial charge in [0.25, 0.3) is 11.1 Å². The van der Waals surface area contributed by atoms with E-state index in [-0.39, 0.29) is 11.6 Å². The Balaban J connectivity index is 3.28. The van der Waals surface area contributed by atoms with Gasteiger partial charge in [0.05, 0.1) is 0 Å². The fourth-order valence-corrected chi connectivity index (χ4v) is 1.23. The van der Waals surface area contributed by atoms with Gasteiger partial charge in [0.15, 0.2) is 11.4 Å². The Morgan fingerprint density at radius 1 is 1.47 bits per heavy atom. The summed E-state index contributed by atoms with van der Waals surface area (Å²) in [5, 5.41) is 9.19. The fourth-order valence-electron chi connectivity index (χ4n) is 0.887. The van der Waals surface area contributed by atoms with Crippen LogP contribution in [0.25, 0.3) is 0 Å². The Bertz CT molecular complexity index is 611. The zero-order chi connectivity index (χ0) is 12.7. The number of rotatable bonds is 1. The highest BCUT2D eigenvalue weighted by atomic mass is 32.2. The van der Waals surface area contributed by atoms with Crippen molar-refractivity contribution >= 4 is 22.9 Å². The number of hydrogen-bond donors (Lipinski definition) is 0. The molecule has 0 saturated heterocycles. The molecule has 4 nitrogen and oxygen atoms in total. The number of aliphatic imine (C=N–C) groups is 2. The number of ether oxygens (including phenoxy) is 1. The minimum Gasteiger partial charge on any atom is -0.412 e. The number of thioether (sulfide) groups is 1. The Morgan fingerprint density at radius 3 is 2.76 bits per heavy atom. The molecule has 0 N–H and O–H groups in total. The molecule has 1 aliphatic heterocycles. The summed E-state index contributed by atoms with van der Waals surface area (Å²) in [6, 6.07) is 1.83. The van der Waals surface area contributed by atoms with Gasteiger partial charge in [-0.15, -0.1) is 0 Å². The summed E-state index contributed by atoms with van der Waals surface area (Å²) in [5.41, 5.74) is 10.2. The lowest BCUT2D eigenvalue weighted by Gasteiger charge is -1.95. The summed E-state index contributed by atoms with van der Waals surface area (Å²) < 4.78 is 5.29. The lowest BCUT2D eigenvalue weighted by Crippen LogP contribution is -2.01. The fraction of sp³-hybridized carbons (Fsp3) is 0.0833. The third-order valence-corrected chi connectivity index (χ3v) is 2.02. The molecule has 82 valence electrons. The molecule has 0 bridgehead atoms. The molecule has 0 spiro atoms. The van der Waals surface area contributed by atoms with E-state index in [1.807, 2.05) is 12.3 Å². The van der Waals surface area contributed by atoms with Crippen LogP contribution >= 0.6 is 11.8 Å². The zero-order valence-corrected chi connectivity index (χ0v) is 9.89. The van der Waals surface area contributed by atoms with E-state index < -0.39 is 0 Å². The molecule has 0 aromatic rings. The highest BCUT2D eigenvalue weighted by molar-refractivity contribution is 8.13. The summed E-state index contributed by atoms with van der Waals surface area (Å²) in [6.07, 6.45) is 1.81. The molecule has 17 heavy (non-hydrogen) atoms. The largest absolute Gasteiger partial charge is 0.412 e. The van der Waals surface area contributed by atoms with Crippen molar-refractivity contribution in [2.45, 2.75) is 0 Å². The minimum absolute atomic E-state index is 0.00378. The Labute approximate surface area is 103 Å². The first-order chi connectivity index (χ1) is 8.24. The van der Waals surface area contributed by atoms with Crippen molar-refractivity contribution in [1.29, 1.82) is 5.26 Å². The van der Waals surface area contributed by atoms with Crippen LogP contribution in [0.2, 0.25) is 0 Å². The Kier molecular flexibility index (Phi) is 4.63. The summed E-state index contributed by atoms with van der Waals surface area (Å²) in [6.45, 7) is 6.71. The van der Waals surface area contributed by atoms with Gasteiger partial charge in [0.1, 0.15) is 6.07 Å². The molecule has 1 aliphatic rings. The van der Waals surface area contributed by atoms with Crippen LogP contribution < -0.4 is 0 Å². The van der Waals surface area contributed by atoms with Crippen LogP contribution in [0.1, 0.15) is 0 Å². The maximum Gasteiger partial charge on any atom is 0.258 e. The maximum atomic E-state index is 8.78. The van der Waals surface area contributed by atoms with E-state index in [0.29, 0.717) is 10.9 Å². The first-order valence-electron chi connectivity index (χ1n) is 4.35. The Hall–Kier alpha value is -2.42. The van der Waals surface area contributed by atoms with Crippen LogP contribution in [0.5, 0.6) is 0 Å². The van der Waals surface area contributed by atoms with Gasteiger partial charge in [-0.05, 0) is 30.9 Å². The van der Waals surface area contributed by atoms with Gasteiger partial charge in [-0.3, -0.25) is 0 Å². The second-order valence-electron chi connectivity index (χ2n) is 2.51. The lowest BCUT2D eigenvalue weighted by molar-refractivity contribution is 0.579. The second-order valence-corrected chi connectivity index (χ2v) is 3.27. The van der Waals surface area contributed by atoms with Gasteiger partial charge in [-0.25, -0.2) is 0 Å². The monoisotopic (exact) mass is 241 g/mol. The SMILES string of the molecule is C=C=C=C(C#N)N=C1OC(SC)=NC1=C=C=C. The van der Waals surface area contributed by atoms with Crippen molar-refractivity contribution < 1.29 is 4.74 Å². The quantitative estimate of drug-likeness (QED) is 0.523. The van der Waals surface area contributed by atoms with Crippen molar-refractivity contribution in [3.8, 4) is 6.07 Å². The van der Waals surface area contributed by atoms with Crippen molar-refractivity contribution in [3.05, 3.63) is 47.5 Å².